The maximum atomic E-state index is 5.97. The predicted octanol–water partition coefficient (Wildman–Crippen LogP) is 3.68. The molecule has 0 unspecified atom stereocenters. The van der Waals surface area contributed by atoms with E-state index in [9.17, 15) is 0 Å². The van der Waals surface area contributed by atoms with Gasteiger partial charge < -0.3 is 4.57 Å². The molecule has 0 aliphatic heterocycles. The van der Waals surface area contributed by atoms with E-state index in [4.69, 9.17) is 11.6 Å². The van der Waals surface area contributed by atoms with Crippen LogP contribution in [-0.2, 0) is 6.54 Å². The zero-order valence-electron chi connectivity index (χ0n) is 11.1. The second-order valence-electron chi connectivity index (χ2n) is 4.88. The van der Waals surface area contributed by atoms with Crippen molar-refractivity contribution in [2.45, 2.75) is 6.54 Å². The molecule has 0 aliphatic carbocycles. The minimum atomic E-state index is 0.479. The van der Waals surface area contributed by atoms with Gasteiger partial charge in [-0.2, -0.15) is 0 Å². The summed E-state index contributed by atoms with van der Waals surface area (Å²) in [5, 5.41) is 1.61. The summed E-state index contributed by atoms with van der Waals surface area (Å²) in [6.45, 7) is 0.703. The van der Waals surface area contributed by atoms with Gasteiger partial charge in [0.15, 0.2) is 5.65 Å². The maximum absolute atomic E-state index is 5.97. The van der Waals surface area contributed by atoms with Gasteiger partial charge in [-0.25, -0.2) is 9.97 Å². The Morgan fingerprint density at radius 1 is 1.00 bits per heavy atom. The lowest BCUT2D eigenvalue weighted by atomic mass is 10.1. The van der Waals surface area contributed by atoms with Gasteiger partial charge in [0, 0.05) is 11.6 Å². The van der Waals surface area contributed by atoms with Crippen LogP contribution in [0.5, 0.6) is 0 Å². The molecular weight excluding hydrogens is 284 g/mol. The zero-order chi connectivity index (χ0) is 14.2. The molecule has 5 heteroatoms. The normalized spacial score (nSPS) is 11.3. The molecule has 0 spiro atoms. The second kappa shape index (κ2) is 4.82. The lowest BCUT2D eigenvalue weighted by Crippen LogP contribution is -1.99. The summed E-state index contributed by atoms with van der Waals surface area (Å²) in [4.78, 5) is 13.0. The number of rotatable bonds is 2. The molecule has 1 aromatic carbocycles. The summed E-state index contributed by atoms with van der Waals surface area (Å²) in [5.74, 6) is 0. The van der Waals surface area contributed by atoms with Crippen molar-refractivity contribution in [2.24, 2.45) is 0 Å². The van der Waals surface area contributed by atoms with E-state index in [0.29, 0.717) is 11.7 Å². The van der Waals surface area contributed by atoms with Crippen LogP contribution in [0.3, 0.4) is 0 Å². The third-order valence-electron chi connectivity index (χ3n) is 3.45. The Bertz CT molecular complexity index is 945. The van der Waals surface area contributed by atoms with E-state index < -0.39 is 0 Å². The van der Waals surface area contributed by atoms with Crippen molar-refractivity contribution in [3.05, 3.63) is 65.7 Å². The van der Waals surface area contributed by atoms with Crippen LogP contribution in [0.15, 0.2) is 55.0 Å². The molecule has 0 fully saturated rings. The Morgan fingerprint density at radius 3 is 2.86 bits per heavy atom. The number of benzene rings is 1. The molecule has 0 atom stereocenters. The smallest absolute Gasteiger partial charge is 0.161 e. The van der Waals surface area contributed by atoms with Gasteiger partial charge in [-0.1, -0.05) is 23.7 Å². The maximum Gasteiger partial charge on any atom is 0.161 e. The molecule has 3 aromatic heterocycles. The van der Waals surface area contributed by atoms with Crippen LogP contribution >= 0.6 is 11.6 Å². The van der Waals surface area contributed by atoms with E-state index in [1.807, 2.05) is 22.8 Å². The number of fused-ring (bicyclic) bond motifs is 2. The zero-order valence-corrected chi connectivity index (χ0v) is 11.8. The van der Waals surface area contributed by atoms with Crippen LogP contribution in [0.25, 0.3) is 22.1 Å². The fourth-order valence-corrected chi connectivity index (χ4v) is 2.60. The molecule has 3 heterocycles. The Labute approximate surface area is 126 Å². The molecule has 0 N–H and O–H groups in total. The number of halogens is 1. The molecule has 0 saturated carbocycles. The topological polar surface area (TPSA) is 43.6 Å². The fourth-order valence-electron chi connectivity index (χ4n) is 2.45. The van der Waals surface area contributed by atoms with Crippen molar-refractivity contribution in [1.82, 2.24) is 19.5 Å². The van der Waals surface area contributed by atoms with E-state index >= 15 is 0 Å². The quantitative estimate of drug-likeness (QED) is 0.530. The number of imidazole rings is 1. The highest BCUT2D eigenvalue weighted by atomic mass is 35.5. The highest BCUT2D eigenvalue weighted by Gasteiger charge is 2.06. The Morgan fingerprint density at radius 2 is 1.90 bits per heavy atom. The van der Waals surface area contributed by atoms with E-state index in [-0.39, 0.29) is 0 Å². The third kappa shape index (κ3) is 2.23. The molecule has 102 valence electrons. The first-order chi connectivity index (χ1) is 10.3. The van der Waals surface area contributed by atoms with Crippen molar-refractivity contribution in [1.29, 1.82) is 0 Å². The summed E-state index contributed by atoms with van der Waals surface area (Å²) in [7, 11) is 0. The molecule has 0 radical (unpaired) electrons. The van der Waals surface area contributed by atoms with Gasteiger partial charge in [0.05, 0.1) is 18.4 Å². The van der Waals surface area contributed by atoms with Gasteiger partial charge in [-0.3, -0.25) is 4.98 Å². The summed E-state index contributed by atoms with van der Waals surface area (Å²) in [6, 6.07) is 13.9. The molecule has 4 nitrogen and oxygen atoms in total. The lowest BCUT2D eigenvalue weighted by Gasteiger charge is -2.05. The minimum Gasteiger partial charge on any atom is -0.311 e. The molecule has 0 bridgehead atoms. The highest BCUT2D eigenvalue weighted by Crippen LogP contribution is 2.18. The van der Waals surface area contributed by atoms with Gasteiger partial charge >= 0.3 is 0 Å². The fraction of sp³-hybridized carbons (Fsp3) is 0.0625. The number of nitrogens with zero attached hydrogens (tertiary/aromatic N) is 4. The summed E-state index contributed by atoms with van der Waals surface area (Å²) < 4.78 is 2.00. The monoisotopic (exact) mass is 294 g/mol. The molecule has 4 rings (SSSR count). The van der Waals surface area contributed by atoms with Crippen molar-refractivity contribution >= 4 is 33.7 Å². The van der Waals surface area contributed by atoms with E-state index in [2.05, 4.69) is 33.2 Å². The summed E-state index contributed by atoms with van der Waals surface area (Å²) in [6.07, 6.45) is 3.60. The molecular formula is C16H11ClN4. The Balaban J connectivity index is 1.77. The summed E-state index contributed by atoms with van der Waals surface area (Å²) in [5.41, 5.74) is 3.82. The van der Waals surface area contributed by atoms with Crippen LogP contribution in [0.2, 0.25) is 5.15 Å². The lowest BCUT2D eigenvalue weighted by molar-refractivity contribution is 0.815. The molecule has 0 aliphatic rings. The molecule has 4 aromatic rings. The third-order valence-corrected chi connectivity index (χ3v) is 3.66. The van der Waals surface area contributed by atoms with Gasteiger partial charge in [-0.05, 0) is 35.9 Å². The minimum absolute atomic E-state index is 0.479. The number of hydrogen-bond donors (Lipinski definition) is 0. The van der Waals surface area contributed by atoms with Crippen LogP contribution < -0.4 is 0 Å². The van der Waals surface area contributed by atoms with Crippen LogP contribution in [-0.4, -0.2) is 19.5 Å². The SMILES string of the molecule is Clc1ccc2ncn(Cc3ccc4ncccc4c3)c2n1. The highest BCUT2D eigenvalue weighted by molar-refractivity contribution is 6.29. The van der Waals surface area contributed by atoms with E-state index in [0.717, 1.165) is 22.1 Å². The predicted molar refractivity (Wildman–Crippen MR) is 83.4 cm³/mol. The van der Waals surface area contributed by atoms with Crippen molar-refractivity contribution in [3.8, 4) is 0 Å². The van der Waals surface area contributed by atoms with Gasteiger partial charge in [0.25, 0.3) is 0 Å². The number of aromatic nitrogens is 4. The molecule has 21 heavy (non-hydrogen) atoms. The molecule has 0 saturated heterocycles. The van der Waals surface area contributed by atoms with Crippen molar-refractivity contribution < 1.29 is 0 Å². The Kier molecular flexibility index (Phi) is 2.82. The van der Waals surface area contributed by atoms with Crippen molar-refractivity contribution in [3.63, 3.8) is 0 Å². The average molecular weight is 295 g/mol. The van der Waals surface area contributed by atoms with Crippen molar-refractivity contribution in [2.75, 3.05) is 0 Å². The van der Waals surface area contributed by atoms with Gasteiger partial charge in [0.1, 0.15) is 10.7 Å². The summed E-state index contributed by atoms with van der Waals surface area (Å²) >= 11 is 5.97. The second-order valence-corrected chi connectivity index (χ2v) is 5.27. The van der Waals surface area contributed by atoms with Crippen LogP contribution in [0.1, 0.15) is 5.56 Å². The van der Waals surface area contributed by atoms with E-state index in [1.54, 1.807) is 18.6 Å². The number of hydrogen-bond acceptors (Lipinski definition) is 3. The standard InChI is InChI=1S/C16H11ClN4/c17-15-6-5-14-16(20-15)21(10-19-14)9-11-3-4-13-12(8-11)2-1-7-18-13/h1-8,10H,9H2. The first kappa shape index (κ1) is 12.3. The first-order valence-electron chi connectivity index (χ1n) is 6.61. The van der Waals surface area contributed by atoms with Gasteiger partial charge in [-0.15, -0.1) is 0 Å². The first-order valence-corrected chi connectivity index (χ1v) is 6.98. The largest absolute Gasteiger partial charge is 0.311 e. The van der Waals surface area contributed by atoms with E-state index in [1.165, 1.54) is 5.56 Å². The van der Waals surface area contributed by atoms with Crippen LogP contribution in [0.4, 0.5) is 0 Å². The Hall–Kier alpha value is -2.46. The number of pyridine rings is 2. The van der Waals surface area contributed by atoms with Crippen LogP contribution in [0, 0.1) is 0 Å². The average Bonchev–Trinajstić information content (AvgIpc) is 2.89. The van der Waals surface area contributed by atoms with Gasteiger partial charge in [0.2, 0.25) is 0 Å². The molecule has 0 amide bonds.